The molecule has 1 fully saturated rings. The molecule has 1 aliphatic heterocycles. The van der Waals surface area contributed by atoms with Crippen molar-refractivity contribution in [1.29, 1.82) is 0 Å². The van der Waals surface area contributed by atoms with Crippen LogP contribution in [0.15, 0.2) is 30.5 Å². The summed E-state index contributed by atoms with van der Waals surface area (Å²) < 4.78 is 13.0. The van der Waals surface area contributed by atoms with Crippen LogP contribution >= 0.6 is 0 Å². The van der Waals surface area contributed by atoms with Crippen molar-refractivity contribution in [3.05, 3.63) is 36.3 Å². The van der Waals surface area contributed by atoms with E-state index in [1.807, 2.05) is 9.80 Å². The van der Waals surface area contributed by atoms with E-state index in [-0.39, 0.29) is 41.9 Å². The molecule has 0 unspecified atom stereocenters. The van der Waals surface area contributed by atoms with Crippen LogP contribution in [-0.2, 0) is 4.79 Å². The second-order valence-electron chi connectivity index (χ2n) is 5.28. The Bertz CT molecular complexity index is 693. The predicted octanol–water partition coefficient (Wildman–Crippen LogP) is -3.45. The number of hydrogen-bond acceptors (Lipinski definition) is 7. The minimum atomic E-state index is -1.07. The van der Waals surface area contributed by atoms with E-state index in [1.165, 1.54) is 18.3 Å². The van der Waals surface area contributed by atoms with Crippen LogP contribution in [-0.4, -0.2) is 58.8 Å². The Morgan fingerprint density at radius 3 is 2.46 bits per heavy atom. The third-order valence-corrected chi connectivity index (χ3v) is 3.70. The summed E-state index contributed by atoms with van der Waals surface area (Å²) in [7, 11) is 0. The summed E-state index contributed by atoms with van der Waals surface area (Å²) in [6, 6.07) is 6.02. The molecule has 7 nitrogen and oxygen atoms in total. The van der Waals surface area contributed by atoms with E-state index in [4.69, 9.17) is 0 Å². The molecule has 0 atom stereocenters. The van der Waals surface area contributed by atoms with E-state index in [1.54, 1.807) is 12.1 Å². The van der Waals surface area contributed by atoms with Gasteiger partial charge in [-0.15, -0.1) is 5.10 Å². The number of benzene rings is 1. The predicted molar refractivity (Wildman–Crippen MR) is 78.9 cm³/mol. The van der Waals surface area contributed by atoms with Crippen molar-refractivity contribution in [2.45, 2.75) is 0 Å². The summed E-state index contributed by atoms with van der Waals surface area (Å²) in [6.45, 7) is 2.35. The Morgan fingerprint density at radius 2 is 1.83 bits per heavy atom. The summed E-state index contributed by atoms with van der Waals surface area (Å²) in [6.07, 6.45) is 1.53. The third kappa shape index (κ3) is 4.70. The van der Waals surface area contributed by atoms with Crippen molar-refractivity contribution < 1.29 is 43.8 Å². The third-order valence-electron chi connectivity index (χ3n) is 3.70. The van der Waals surface area contributed by atoms with E-state index >= 15 is 0 Å². The Morgan fingerprint density at radius 1 is 1.17 bits per heavy atom. The number of carboxylic acid groups (broad SMARTS) is 1. The molecule has 3 rings (SSSR count). The zero-order valence-electron chi connectivity index (χ0n) is 13.4. The average Bonchev–Trinajstić information content (AvgIpc) is 2.56. The van der Waals surface area contributed by atoms with Gasteiger partial charge in [0.1, 0.15) is 5.82 Å². The van der Waals surface area contributed by atoms with Crippen LogP contribution in [0.1, 0.15) is 0 Å². The molecule has 1 aromatic carbocycles. The molecular formula is C15H15FN5NaO2. The van der Waals surface area contributed by atoms with Crippen molar-refractivity contribution in [2.75, 3.05) is 37.6 Å². The van der Waals surface area contributed by atoms with Crippen LogP contribution in [0.25, 0.3) is 11.3 Å². The molecule has 2 aromatic rings. The molecule has 0 saturated carbocycles. The Kier molecular flexibility index (Phi) is 6.61. The molecule has 24 heavy (non-hydrogen) atoms. The minimum Gasteiger partial charge on any atom is -0.549 e. The molecule has 2 heterocycles. The summed E-state index contributed by atoms with van der Waals surface area (Å²) >= 11 is 0. The van der Waals surface area contributed by atoms with Crippen molar-refractivity contribution in [1.82, 2.24) is 20.1 Å². The van der Waals surface area contributed by atoms with Crippen molar-refractivity contribution in [3.8, 4) is 11.3 Å². The maximum absolute atomic E-state index is 13.0. The van der Waals surface area contributed by atoms with Gasteiger partial charge in [0.25, 0.3) is 0 Å². The number of aliphatic carboxylic acids is 1. The smallest absolute Gasteiger partial charge is 0.549 e. The number of carboxylic acids is 1. The molecule has 0 aliphatic carbocycles. The molecule has 1 aromatic heterocycles. The van der Waals surface area contributed by atoms with E-state index in [0.29, 0.717) is 37.8 Å². The number of hydrogen-bond donors (Lipinski definition) is 0. The van der Waals surface area contributed by atoms with Gasteiger partial charge in [0.15, 0.2) is 0 Å². The van der Waals surface area contributed by atoms with Gasteiger partial charge in [0.2, 0.25) is 5.95 Å². The second-order valence-corrected chi connectivity index (χ2v) is 5.28. The first kappa shape index (κ1) is 18.7. The zero-order valence-corrected chi connectivity index (χ0v) is 15.4. The van der Waals surface area contributed by atoms with Crippen LogP contribution in [0.2, 0.25) is 0 Å². The number of carbonyl (C=O) groups excluding carboxylic acids is 1. The first-order chi connectivity index (χ1) is 11.1. The van der Waals surface area contributed by atoms with Gasteiger partial charge < -0.3 is 14.8 Å². The Balaban J connectivity index is 0.00000208. The van der Waals surface area contributed by atoms with Crippen LogP contribution in [0.4, 0.5) is 10.3 Å². The van der Waals surface area contributed by atoms with Gasteiger partial charge in [-0.05, 0) is 24.3 Å². The van der Waals surface area contributed by atoms with Crippen LogP contribution < -0.4 is 39.6 Å². The monoisotopic (exact) mass is 339 g/mol. The van der Waals surface area contributed by atoms with E-state index in [2.05, 4.69) is 15.2 Å². The molecule has 9 heteroatoms. The van der Waals surface area contributed by atoms with Crippen LogP contribution in [0, 0.1) is 5.82 Å². The summed E-state index contributed by atoms with van der Waals surface area (Å²) in [5.41, 5.74) is 1.38. The first-order valence-electron chi connectivity index (χ1n) is 7.24. The normalized spacial score (nSPS) is 15.0. The van der Waals surface area contributed by atoms with Crippen LogP contribution in [0.3, 0.4) is 0 Å². The molecule has 0 radical (unpaired) electrons. The number of aromatic nitrogens is 3. The summed E-state index contributed by atoms with van der Waals surface area (Å²) in [5, 5.41) is 18.6. The maximum Gasteiger partial charge on any atom is 1.00 e. The molecule has 120 valence electrons. The SMILES string of the molecule is O=C([O-])CN1CCN(c2nncc(-c3ccc(F)cc3)n2)CC1.[Na+]. The van der Waals surface area contributed by atoms with Gasteiger partial charge in [-0.1, -0.05) is 0 Å². The van der Waals surface area contributed by atoms with E-state index in [9.17, 15) is 14.3 Å². The van der Waals surface area contributed by atoms with E-state index < -0.39 is 5.97 Å². The fourth-order valence-corrected chi connectivity index (χ4v) is 2.48. The van der Waals surface area contributed by atoms with Crippen molar-refractivity contribution >= 4 is 11.9 Å². The number of halogens is 1. The van der Waals surface area contributed by atoms with Gasteiger partial charge in [-0.3, -0.25) is 4.90 Å². The average molecular weight is 339 g/mol. The van der Waals surface area contributed by atoms with Crippen LogP contribution in [0.5, 0.6) is 0 Å². The van der Waals surface area contributed by atoms with Gasteiger partial charge >= 0.3 is 29.6 Å². The molecule has 1 saturated heterocycles. The first-order valence-corrected chi connectivity index (χ1v) is 7.24. The molecule has 0 spiro atoms. The van der Waals surface area contributed by atoms with Gasteiger partial charge in [-0.2, -0.15) is 5.10 Å². The minimum absolute atomic E-state index is 0. The number of anilines is 1. The van der Waals surface area contributed by atoms with Gasteiger partial charge in [0, 0.05) is 38.3 Å². The molecule has 0 bridgehead atoms. The zero-order chi connectivity index (χ0) is 16.2. The fraction of sp³-hybridized carbons (Fsp3) is 0.333. The standard InChI is InChI=1S/C15H16FN5O2.Na/c16-12-3-1-11(2-4-12)13-9-17-19-15(18-13)21-7-5-20(6-8-21)10-14(22)23;/h1-4,9H,5-8,10H2,(H,22,23);/q;+1/p-1. The molecule has 1 aliphatic rings. The summed E-state index contributed by atoms with van der Waals surface area (Å²) in [5.74, 6) is -0.894. The molecule has 0 N–H and O–H groups in total. The number of nitrogens with zero attached hydrogens (tertiary/aromatic N) is 5. The van der Waals surface area contributed by atoms with E-state index in [0.717, 1.165) is 5.56 Å². The molecular weight excluding hydrogens is 324 g/mol. The largest absolute Gasteiger partial charge is 1.00 e. The Hall–Kier alpha value is -1.61. The number of rotatable bonds is 4. The van der Waals surface area contributed by atoms with Gasteiger partial charge in [0.05, 0.1) is 17.9 Å². The number of piperazine rings is 1. The summed E-state index contributed by atoms with van der Waals surface area (Å²) in [4.78, 5) is 18.8. The quantitative estimate of drug-likeness (QED) is 0.536. The molecule has 0 amide bonds. The maximum atomic E-state index is 13.0. The number of carbonyl (C=O) groups is 1. The topological polar surface area (TPSA) is 85.3 Å². The fourth-order valence-electron chi connectivity index (χ4n) is 2.48. The van der Waals surface area contributed by atoms with Crippen molar-refractivity contribution in [2.24, 2.45) is 0 Å². The van der Waals surface area contributed by atoms with Crippen molar-refractivity contribution in [3.63, 3.8) is 0 Å². The Labute approximate surface area is 160 Å². The second kappa shape index (κ2) is 8.48. The van der Waals surface area contributed by atoms with Gasteiger partial charge in [-0.25, -0.2) is 9.37 Å².